The second-order valence-corrected chi connectivity index (χ2v) is 11.1. The first-order valence-electron chi connectivity index (χ1n) is 14.0. The Balaban J connectivity index is 1.65. The van der Waals surface area contributed by atoms with Gasteiger partial charge in [0, 0.05) is 6.42 Å². The van der Waals surface area contributed by atoms with Crippen LogP contribution in [0.15, 0.2) is 54.7 Å². The quantitative estimate of drug-likeness (QED) is 0.291. The zero-order valence-corrected chi connectivity index (χ0v) is 24.6. The van der Waals surface area contributed by atoms with Gasteiger partial charge in [0.2, 0.25) is 17.7 Å². The molecule has 13 heteroatoms. The predicted octanol–water partition coefficient (Wildman–Crippen LogP) is 0.397. The maximum Gasteiger partial charge on any atom is 0.255 e. The topological polar surface area (TPSA) is 177 Å². The Morgan fingerprint density at radius 1 is 1.07 bits per heavy atom. The van der Waals surface area contributed by atoms with Gasteiger partial charge in [-0.1, -0.05) is 47.2 Å². The van der Waals surface area contributed by atoms with Crippen molar-refractivity contribution in [3.8, 4) is 5.75 Å². The van der Waals surface area contributed by atoms with Crippen LogP contribution in [0.4, 0.5) is 0 Å². The van der Waals surface area contributed by atoms with Gasteiger partial charge < -0.3 is 31.1 Å². The van der Waals surface area contributed by atoms with E-state index in [1.807, 2.05) is 37.3 Å². The lowest BCUT2D eigenvalue weighted by Gasteiger charge is -2.30. The van der Waals surface area contributed by atoms with Crippen molar-refractivity contribution in [2.75, 3.05) is 6.61 Å². The van der Waals surface area contributed by atoms with Gasteiger partial charge in [-0.2, -0.15) is 0 Å². The van der Waals surface area contributed by atoms with Crippen molar-refractivity contribution in [2.45, 2.75) is 70.9 Å². The van der Waals surface area contributed by atoms with Crippen LogP contribution in [0.3, 0.4) is 0 Å². The molecule has 4 amide bonds. The summed E-state index contributed by atoms with van der Waals surface area (Å²) in [5.41, 5.74) is 0.822. The maximum absolute atomic E-state index is 13.4. The minimum atomic E-state index is -1.50. The molecule has 0 spiro atoms. The molecule has 0 fully saturated rings. The van der Waals surface area contributed by atoms with Crippen LogP contribution in [-0.4, -0.2) is 74.1 Å². The smallest absolute Gasteiger partial charge is 0.255 e. The number of rotatable bonds is 3. The summed E-state index contributed by atoms with van der Waals surface area (Å²) in [5.74, 6) is -2.22. The number of fused-ring (bicyclic) bond motifs is 3. The molecule has 2 bridgehead atoms. The number of benzene rings is 2. The molecule has 1 aromatic heterocycles. The molecule has 1 aliphatic rings. The third kappa shape index (κ3) is 8.16. The van der Waals surface area contributed by atoms with Crippen molar-refractivity contribution in [3.05, 3.63) is 77.1 Å². The van der Waals surface area contributed by atoms with Crippen LogP contribution in [-0.2, 0) is 33.9 Å². The van der Waals surface area contributed by atoms with E-state index in [2.05, 4.69) is 31.6 Å². The second-order valence-electron chi connectivity index (χ2n) is 11.1. The van der Waals surface area contributed by atoms with Crippen molar-refractivity contribution in [2.24, 2.45) is 0 Å². The van der Waals surface area contributed by atoms with E-state index in [0.717, 1.165) is 11.1 Å². The molecule has 0 saturated heterocycles. The molecule has 228 valence electrons. The van der Waals surface area contributed by atoms with Gasteiger partial charge >= 0.3 is 0 Å². The number of nitrogens with one attached hydrogen (secondary N) is 4. The molecule has 0 unspecified atom stereocenters. The minimum absolute atomic E-state index is 0.0495. The fourth-order valence-corrected chi connectivity index (χ4v) is 4.48. The van der Waals surface area contributed by atoms with E-state index in [4.69, 9.17) is 4.74 Å². The average molecular weight is 592 g/mol. The lowest BCUT2D eigenvalue weighted by molar-refractivity contribution is -0.136. The van der Waals surface area contributed by atoms with Crippen LogP contribution < -0.4 is 26.0 Å². The SMILES string of the molecule is Cc1ccc2c(c1)C(=O)NC(C)(C)C(=O)N[C@@H]([C@@H](C)O)C(=O)N[C@@H](Cc1ccccc1)C(=O)NCc1cn(nn1)CCO2. The Hall–Kier alpha value is -4.78. The molecule has 5 N–H and O–H groups in total. The number of aliphatic hydroxyl groups is 1. The van der Waals surface area contributed by atoms with Gasteiger partial charge in [-0.05, 0) is 45.4 Å². The standard InChI is InChI=1S/C30H37N7O6/c1-18-10-11-24-22(14-18)26(39)34-30(3,4)29(42)33-25(19(2)38)28(41)32-23(15-20-8-6-5-7-9-20)27(40)31-16-21-17-37(36-35-21)12-13-43-24/h5-11,14,17,19,23,25,38H,12-13,15-16H2,1-4H3,(H,31,40)(H,32,41)(H,33,42)(H,34,39)/t19-,23+,25+/m1/s1. The average Bonchev–Trinajstić information content (AvgIpc) is 3.42. The summed E-state index contributed by atoms with van der Waals surface area (Å²) >= 11 is 0. The molecule has 0 aliphatic carbocycles. The first-order chi connectivity index (χ1) is 20.4. The highest BCUT2D eigenvalue weighted by Gasteiger charge is 2.36. The fourth-order valence-electron chi connectivity index (χ4n) is 4.48. The number of nitrogens with zero attached hydrogens (tertiary/aromatic N) is 3. The van der Waals surface area contributed by atoms with E-state index < -0.39 is 47.4 Å². The predicted molar refractivity (Wildman–Crippen MR) is 156 cm³/mol. The van der Waals surface area contributed by atoms with E-state index in [9.17, 15) is 24.3 Å². The number of carbonyl (C=O) groups is 4. The van der Waals surface area contributed by atoms with E-state index >= 15 is 0 Å². The largest absolute Gasteiger partial charge is 0.491 e. The van der Waals surface area contributed by atoms with Gasteiger partial charge in [0.1, 0.15) is 35.7 Å². The number of carbonyl (C=O) groups excluding carboxylic acids is 4. The molecular formula is C30H37N7O6. The molecule has 43 heavy (non-hydrogen) atoms. The first kappa shape index (κ1) is 31.2. The number of aromatic nitrogens is 3. The number of hydrogen-bond donors (Lipinski definition) is 5. The zero-order valence-electron chi connectivity index (χ0n) is 24.6. The minimum Gasteiger partial charge on any atom is -0.491 e. The Bertz CT molecular complexity index is 1470. The summed E-state index contributed by atoms with van der Waals surface area (Å²) in [5, 5.41) is 29.3. The van der Waals surface area contributed by atoms with Gasteiger partial charge in [0.15, 0.2) is 0 Å². The summed E-state index contributed by atoms with van der Waals surface area (Å²) in [6.45, 7) is 6.67. The van der Waals surface area contributed by atoms with Gasteiger partial charge in [-0.15, -0.1) is 5.10 Å². The monoisotopic (exact) mass is 591 g/mol. The zero-order chi connectivity index (χ0) is 31.1. The van der Waals surface area contributed by atoms with Crippen molar-refractivity contribution < 1.29 is 29.0 Å². The fraction of sp³-hybridized carbons (Fsp3) is 0.400. The van der Waals surface area contributed by atoms with E-state index in [1.165, 1.54) is 20.8 Å². The Kier molecular flexibility index (Phi) is 9.76. The summed E-state index contributed by atoms with van der Waals surface area (Å²) in [6, 6.07) is 11.8. The van der Waals surface area contributed by atoms with Crippen LogP contribution in [0.25, 0.3) is 0 Å². The van der Waals surface area contributed by atoms with Crippen LogP contribution in [0.1, 0.15) is 48.0 Å². The number of aryl methyl sites for hydroxylation is 1. The molecule has 1 aliphatic heterocycles. The molecular weight excluding hydrogens is 554 g/mol. The number of aliphatic hydroxyl groups excluding tert-OH is 1. The summed E-state index contributed by atoms with van der Waals surface area (Å²) in [7, 11) is 0. The van der Waals surface area contributed by atoms with E-state index in [1.54, 1.807) is 29.1 Å². The molecule has 4 rings (SSSR count). The van der Waals surface area contributed by atoms with Gasteiger partial charge in [0.05, 0.1) is 31.0 Å². The van der Waals surface area contributed by atoms with Crippen molar-refractivity contribution in [1.29, 1.82) is 0 Å². The molecule has 3 atom stereocenters. The summed E-state index contributed by atoms with van der Waals surface area (Å²) in [4.78, 5) is 53.4. The van der Waals surface area contributed by atoms with Gasteiger partial charge in [0.25, 0.3) is 5.91 Å². The van der Waals surface area contributed by atoms with Crippen LogP contribution in [0, 0.1) is 6.92 Å². The maximum atomic E-state index is 13.4. The lowest BCUT2D eigenvalue weighted by atomic mass is 10.0. The third-order valence-corrected chi connectivity index (χ3v) is 6.95. The normalized spacial score (nSPS) is 20.8. The highest BCUT2D eigenvalue weighted by atomic mass is 16.5. The van der Waals surface area contributed by atoms with Crippen molar-refractivity contribution in [3.63, 3.8) is 0 Å². The van der Waals surface area contributed by atoms with Gasteiger partial charge in [-0.3, -0.25) is 19.2 Å². The second kappa shape index (κ2) is 13.5. The van der Waals surface area contributed by atoms with Crippen LogP contribution >= 0.6 is 0 Å². The Labute approximate surface area is 249 Å². The molecule has 2 aromatic carbocycles. The van der Waals surface area contributed by atoms with Gasteiger partial charge in [-0.25, -0.2) is 4.68 Å². The first-order valence-corrected chi connectivity index (χ1v) is 14.0. The molecule has 13 nitrogen and oxygen atoms in total. The molecule has 0 saturated carbocycles. The van der Waals surface area contributed by atoms with E-state index in [0.29, 0.717) is 18.0 Å². The molecule has 0 radical (unpaired) electrons. The van der Waals surface area contributed by atoms with Crippen molar-refractivity contribution >= 4 is 23.6 Å². The van der Waals surface area contributed by atoms with Crippen molar-refractivity contribution in [1.82, 2.24) is 36.3 Å². The highest BCUT2D eigenvalue weighted by molar-refractivity contribution is 6.02. The lowest BCUT2D eigenvalue weighted by Crippen LogP contribution is -2.62. The van der Waals surface area contributed by atoms with Crippen LogP contribution in [0.5, 0.6) is 5.75 Å². The highest BCUT2D eigenvalue weighted by Crippen LogP contribution is 2.21. The number of amides is 4. The Morgan fingerprint density at radius 2 is 1.81 bits per heavy atom. The van der Waals surface area contributed by atoms with Crippen LogP contribution in [0.2, 0.25) is 0 Å². The number of ether oxygens (including phenoxy) is 1. The summed E-state index contributed by atoms with van der Waals surface area (Å²) in [6.07, 6.45) is 0.501. The number of hydrogen-bond acceptors (Lipinski definition) is 8. The summed E-state index contributed by atoms with van der Waals surface area (Å²) < 4.78 is 7.45. The Morgan fingerprint density at radius 3 is 2.53 bits per heavy atom. The molecule has 2 heterocycles. The van der Waals surface area contributed by atoms with E-state index in [-0.39, 0.29) is 25.1 Å². The third-order valence-electron chi connectivity index (χ3n) is 6.95. The molecule has 3 aromatic rings.